The number of rotatable bonds is 4. The highest BCUT2D eigenvalue weighted by Gasteiger charge is 2.31. The van der Waals surface area contributed by atoms with Crippen molar-refractivity contribution in [1.29, 1.82) is 0 Å². The van der Waals surface area contributed by atoms with Crippen LogP contribution in [-0.2, 0) is 0 Å². The van der Waals surface area contributed by atoms with Gasteiger partial charge >= 0.3 is 5.97 Å². The van der Waals surface area contributed by atoms with E-state index in [1.165, 1.54) is 31.5 Å². The molecule has 0 radical (unpaired) electrons. The van der Waals surface area contributed by atoms with Gasteiger partial charge in [0.1, 0.15) is 11.4 Å². The molecule has 2 rings (SSSR count). The first-order valence-electron chi connectivity index (χ1n) is 5.73. The molecule has 1 aliphatic carbocycles. The Bertz CT molecular complexity index is 441. The van der Waals surface area contributed by atoms with Crippen LogP contribution in [0.2, 0.25) is 0 Å². The Morgan fingerprint density at radius 3 is 2.88 bits per heavy atom. The average molecular weight is 235 g/mol. The summed E-state index contributed by atoms with van der Waals surface area (Å²) in [4.78, 5) is 15.1. The summed E-state index contributed by atoms with van der Waals surface area (Å²) in [6.07, 6.45) is 5.08. The van der Waals surface area contributed by atoms with Crippen LogP contribution in [0.4, 0.5) is 11.5 Å². The molecule has 0 bridgehead atoms. The lowest BCUT2D eigenvalue weighted by Crippen LogP contribution is -2.33. The van der Waals surface area contributed by atoms with Crippen molar-refractivity contribution in [3.05, 3.63) is 17.8 Å². The van der Waals surface area contributed by atoms with E-state index in [0.29, 0.717) is 11.5 Å². The molecule has 0 aliphatic heterocycles. The van der Waals surface area contributed by atoms with Gasteiger partial charge in [0.2, 0.25) is 0 Å². The number of nitrogens with one attached hydrogen (secondary N) is 1. The summed E-state index contributed by atoms with van der Waals surface area (Å²) in [7, 11) is 0. The molecule has 0 aromatic carbocycles. The van der Waals surface area contributed by atoms with Crippen molar-refractivity contribution in [3.63, 3.8) is 0 Å². The van der Waals surface area contributed by atoms with E-state index in [2.05, 4.69) is 17.2 Å². The van der Waals surface area contributed by atoms with Gasteiger partial charge in [-0.1, -0.05) is 13.3 Å². The van der Waals surface area contributed by atoms with Gasteiger partial charge in [-0.15, -0.1) is 0 Å². The molecule has 1 aromatic heterocycles. The van der Waals surface area contributed by atoms with Crippen LogP contribution >= 0.6 is 0 Å². The lowest BCUT2D eigenvalue weighted by atomic mass is 9.70. The van der Waals surface area contributed by atoms with E-state index in [-0.39, 0.29) is 11.0 Å². The summed E-state index contributed by atoms with van der Waals surface area (Å²) >= 11 is 0. The third-order valence-electron chi connectivity index (χ3n) is 3.38. The number of aromatic carboxylic acids is 1. The van der Waals surface area contributed by atoms with E-state index in [0.717, 1.165) is 6.54 Å². The number of anilines is 2. The van der Waals surface area contributed by atoms with Gasteiger partial charge in [0, 0.05) is 6.54 Å². The molecule has 17 heavy (non-hydrogen) atoms. The fraction of sp³-hybridized carbons (Fsp3) is 0.500. The number of carboxylic acid groups (broad SMARTS) is 1. The van der Waals surface area contributed by atoms with Crippen molar-refractivity contribution < 1.29 is 9.90 Å². The molecule has 1 aromatic rings. The summed E-state index contributed by atoms with van der Waals surface area (Å²) in [6.45, 7) is 2.95. The maximum absolute atomic E-state index is 11.0. The summed E-state index contributed by atoms with van der Waals surface area (Å²) in [6, 6.07) is 1.43. The van der Waals surface area contributed by atoms with Gasteiger partial charge < -0.3 is 16.2 Å². The van der Waals surface area contributed by atoms with Crippen molar-refractivity contribution in [2.45, 2.75) is 26.2 Å². The van der Waals surface area contributed by atoms with Crippen LogP contribution in [0.25, 0.3) is 0 Å². The predicted molar refractivity (Wildman–Crippen MR) is 66.1 cm³/mol. The number of nitrogen functional groups attached to an aromatic ring is 1. The zero-order chi connectivity index (χ0) is 12.5. The minimum absolute atomic E-state index is 0.132. The number of nitrogens with zero attached hydrogens (tertiary/aromatic N) is 1. The van der Waals surface area contributed by atoms with Crippen LogP contribution in [0.1, 0.15) is 36.5 Å². The Hall–Kier alpha value is -1.78. The quantitative estimate of drug-likeness (QED) is 0.742. The Labute approximate surface area is 100 Å². The normalized spacial score (nSPS) is 17.2. The smallest absolute Gasteiger partial charge is 0.339 e. The molecule has 92 valence electrons. The molecule has 4 N–H and O–H groups in total. The van der Waals surface area contributed by atoms with Gasteiger partial charge in [-0.3, -0.25) is 0 Å². The van der Waals surface area contributed by atoms with Crippen molar-refractivity contribution in [3.8, 4) is 0 Å². The van der Waals surface area contributed by atoms with Crippen LogP contribution < -0.4 is 11.1 Å². The number of nitrogens with two attached hydrogens (primary N) is 1. The molecular formula is C12H17N3O2. The lowest BCUT2D eigenvalue weighted by Gasteiger charge is -2.38. The van der Waals surface area contributed by atoms with E-state index < -0.39 is 5.97 Å². The average Bonchev–Trinajstić information content (AvgIpc) is 2.24. The van der Waals surface area contributed by atoms with E-state index in [1.807, 2.05) is 0 Å². The second-order valence-corrected chi connectivity index (χ2v) is 4.99. The van der Waals surface area contributed by atoms with Gasteiger partial charge in [-0.25, -0.2) is 9.78 Å². The van der Waals surface area contributed by atoms with E-state index >= 15 is 0 Å². The molecule has 5 heteroatoms. The number of aromatic nitrogens is 1. The van der Waals surface area contributed by atoms with Crippen molar-refractivity contribution in [1.82, 2.24) is 4.98 Å². The van der Waals surface area contributed by atoms with Gasteiger partial charge in [-0.05, 0) is 24.3 Å². The molecule has 0 saturated heterocycles. The fourth-order valence-corrected chi connectivity index (χ4v) is 2.04. The number of pyridine rings is 1. The third kappa shape index (κ3) is 2.49. The molecule has 0 unspecified atom stereocenters. The molecule has 0 amide bonds. The van der Waals surface area contributed by atoms with Gasteiger partial charge in [0.25, 0.3) is 0 Å². The zero-order valence-corrected chi connectivity index (χ0v) is 9.86. The van der Waals surface area contributed by atoms with E-state index in [4.69, 9.17) is 10.8 Å². The molecule has 0 spiro atoms. The second-order valence-electron chi connectivity index (χ2n) is 4.99. The maximum Gasteiger partial charge on any atom is 0.339 e. The monoisotopic (exact) mass is 235 g/mol. The molecule has 5 nitrogen and oxygen atoms in total. The molecule has 1 aliphatic rings. The topological polar surface area (TPSA) is 88.2 Å². The first kappa shape index (κ1) is 11.7. The highest BCUT2D eigenvalue weighted by Crippen LogP contribution is 2.40. The SMILES string of the molecule is CC1(CNc2ncc(N)cc2C(=O)O)CCC1. The lowest BCUT2D eigenvalue weighted by molar-refractivity contribution is 0.0697. The van der Waals surface area contributed by atoms with Gasteiger partial charge in [-0.2, -0.15) is 0 Å². The number of carbonyl (C=O) groups is 1. The first-order chi connectivity index (χ1) is 8.00. The third-order valence-corrected chi connectivity index (χ3v) is 3.38. The van der Waals surface area contributed by atoms with Crippen molar-refractivity contribution >= 4 is 17.5 Å². The first-order valence-corrected chi connectivity index (χ1v) is 5.73. The number of hydrogen-bond acceptors (Lipinski definition) is 4. The fourth-order valence-electron chi connectivity index (χ4n) is 2.04. The Morgan fingerprint density at radius 1 is 1.65 bits per heavy atom. The van der Waals surface area contributed by atoms with Crippen LogP contribution in [-0.4, -0.2) is 22.6 Å². The second kappa shape index (κ2) is 4.24. The molecule has 0 atom stereocenters. The Kier molecular flexibility index (Phi) is 2.92. The molecule has 1 heterocycles. The predicted octanol–water partition coefficient (Wildman–Crippen LogP) is 1.96. The van der Waals surface area contributed by atoms with Crippen LogP contribution in [0.5, 0.6) is 0 Å². The Balaban J connectivity index is 2.12. The van der Waals surface area contributed by atoms with Crippen LogP contribution in [0.15, 0.2) is 12.3 Å². The summed E-state index contributed by atoms with van der Waals surface area (Å²) in [5.74, 6) is -0.606. The van der Waals surface area contributed by atoms with Gasteiger partial charge in [0.15, 0.2) is 0 Å². The molecular weight excluding hydrogens is 218 g/mol. The highest BCUT2D eigenvalue weighted by atomic mass is 16.4. The van der Waals surface area contributed by atoms with Crippen molar-refractivity contribution in [2.75, 3.05) is 17.6 Å². The minimum atomic E-state index is -1.01. The Morgan fingerprint density at radius 2 is 2.35 bits per heavy atom. The van der Waals surface area contributed by atoms with Crippen LogP contribution in [0.3, 0.4) is 0 Å². The summed E-state index contributed by atoms with van der Waals surface area (Å²) in [5, 5.41) is 12.2. The summed E-state index contributed by atoms with van der Waals surface area (Å²) < 4.78 is 0. The maximum atomic E-state index is 11.0. The number of carboxylic acids is 1. The minimum Gasteiger partial charge on any atom is -0.478 e. The largest absolute Gasteiger partial charge is 0.478 e. The van der Waals surface area contributed by atoms with Crippen LogP contribution in [0, 0.1) is 5.41 Å². The van der Waals surface area contributed by atoms with E-state index in [9.17, 15) is 4.79 Å². The summed E-state index contributed by atoms with van der Waals surface area (Å²) in [5.41, 5.74) is 6.30. The van der Waals surface area contributed by atoms with E-state index in [1.54, 1.807) is 0 Å². The van der Waals surface area contributed by atoms with Gasteiger partial charge in [0.05, 0.1) is 11.9 Å². The standard InChI is InChI=1S/C12H17N3O2/c1-12(3-2-4-12)7-15-10-9(11(16)17)5-8(13)6-14-10/h5-6H,2-4,7,13H2,1H3,(H,14,15)(H,16,17). The van der Waals surface area contributed by atoms with Crippen molar-refractivity contribution in [2.24, 2.45) is 5.41 Å². The molecule has 1 saturated carbocycles. The molecule has 1 fully saturated rings. The highest BCUT2D eigenvalue weighted by molar-refractivity contribution is 5.94. The number of hydrogen-bond donors (Lipinski definition) is 3. The zero-order valence-electron chi connectivity index (χ0n) is 9.86.